The fraction of sp³-hybridized carbons (Fsp3) is 0.583. The normalized spacial score (nSPS) is 10.6. The number of carbonyl (C=O) groups is 1. The van der Waals surface area contributed by atoms with Gasteiger partial charge in [0, 0.05) is 26.6 Å². The Balaban J connectivity index is 2.59. The van der Waals surface area contributed by atoms with Gasteiger partial charge < -0.3 is 16.4 Å². The zero-order valence-electron chi connectivity index (χ0n) is 11.9. The van der Waals surface area contributed by atoms with Gasteiger partial charge in [-0.05, 0) is 5.92 Å². The van der Waals surface area contributed by atoms with Gasteiger partial charge in [-0.1, -0.05) is 13.8 Å². The third kappa shape index (κ3) is 4.15. The predicted octanol–water partition coefficient (Wildman–Crippen LogP) is -0.770. The van der Waals surface area contributed by atoms with Crippen molar-refractivity contribution in [3.63, 3.8) is 0 Å². The average Bonchev–Trinajstić information content (AvgIpc) is 2.37. The Morgan fingerprint density at radius 3 is 2.65 bits per heavy atom. The molecule has 112 valence electrons. The number of H-pyrrole nitrogens is 1. The second-order valence-electron chi connectivity index (χ2n) is 4.95. The van der Waals surface area contributed by atoms with E-state index in [-0.39, 0.29) is 30.4 Å². The van der Waals surface area contributed by atoms with Gasteiger partial charge in [-0.3, -0.25) is 19.1 Å². The van der Waals surface area contributed by atoms with Gasteiger partial charge in [-0.25, -0.2) is 4.79 Å². The lowest BCUT2D eigenvalue weighted by atomic mass is 10.2. The zero-order valence-corrected chi connectivity index (χ0v) is 11.9. The van der Waals surface area contributed by atoms with Crippen LogP contribution in [0.25, 0.3) is 0 Å². The number of rotatable bonds is 6. The van der Waals surface area contributed by atoms with Crippen molar-refractivity contribution in [2.24, 2.45) is 13.0 Å². The smallest absolute Gasteiger partial charge is 0.329 e. The third-order valence-electron chi connectivity index (χ3n) is 2.73. The number of anilines is 2. The summed E-state index contributed by atoms with van der Waals surface area (Å²) in [4.78, 5) is 36.5. The number of nitrogens with one attached hydrogen (secondary N) is 3. The molecule has 0 aliphatic rings. The highest BCUT2D eigenvalue weighted by Crippen LogP contribution is 2.07. The summed E-state index contributed by atoms with van der Waals surface area (Å²) in [6.07, 6.45) is 0.217. The van der Waals surface area contributed by atoms with Gasteiger partial charge in [0.25, 0.3) is 5.56 Å². The Kier molecular flexibility index (Phi) is 5.36. The Morgan fingerprint density at radius 2 is 2.05 bits per heavy atom. The number of nitrogen functional groups attached to an aromatic ring is 1. The summed E-state index contributed by atoms with van der Waals surface area (Å²) >= 11 is 0. The summed E-state index contributed by atoms with van der Waals surface area (Å²) in [6, 6.07) is 0. The van der Waals surface area contributed by atoms with E-state index < -0.39 is 11.2 Å². The van der Waals surface area contributed by atoms with Crippen LogP contribution in [0.4, 0.5) is 11.5 Å². The van der Waals surface area contributed by atoms with Crippen LogP contribution in [0, 0.1) is 5.92 Å². The summed E-state index contributed by atoms with van der Waals surface area (Å²) in [5, 5.41) is 5.55. The van der Waals surface area contributed by atoms with Crippen LogP contribution in [-0.2, 0) is 11.8 Å². The van der Waals surface area contributed by atoms with Crippen LogP contribution in [0.5, 0.6) is 0 Å². The minimum Gasteiger partial charge on any atom is -0.383 e. The molecule has 1 amide bonds. The summed E-state index contributed by atoms with van der Waals surface area (Å²) < 4.78 is 1.13. The lowest BCUT2D eigenvalue weighted by Gasteiger charge is -2.11. The minimum absolute atomic E-state index is 0.0429. The third-order valence-corrected chi connectivity index (χ3v) is 2.73. The van der Waals surface area contributed by atoms with Crippen molar-refractivity contribution in [2.75, 3.05) is 24.1 Å². The van der Waals surface area contributed by atoms with Gasteiger partial charge in [0.1, 0.15) is 11.5 Å². The predicted molar refractivity (Wildman–Crippen MR) is 77.7 cm³/mol. The van der Waals surface area contributed by atoms with E-state index in [0.717, 1.165) is 4.57 Å². The SMILES string of the molecule is CC(C)CNC(=O)CCNc1c(N)n(C)c(=O)[nH]c1=O. The van der Waals surface area contributed by atoms with Crippen LogP contribution in [0.2, 0.25) is 0 Å². The fourth-order valence-electron chi connectivity index (χ4n) is 1.52. The van der Waals surface area contributed by atoms with Gasteiger partial charge in [0.15, 0.2) is 0 Å². The largest absolute Gasteiger partial charge is 0.383 e. The number of nitrogens with two attached hydrogens (primary N) is 1. The fourth-order valence-corrected chi connectivity index (χ4v) is 1.52. The number of hydrogen-bond acceptors (Lipinski definition) is 5. The number of nitrogens with zero attached hydrogens (tertiary/aromatic N) is 1. The molecule has 0 bridgehead atoms. The molecule has 0 aromatic carbocycles. The van der Waals surface area contributed by atoms with E-state index in [9.17, 15) is 14.4 Å². The second-order valence-corrected chi connectivity index (χ2v) is 4.95. The monoisotopic (exact) mass is 283 g/mol. The number of amides is 1. The van der Waals surface area contributed by atoms with Crippen LogP contribution >= 0.6 is 0 Å². The lowest BCUT2D eigenvalue weighted by molar-refractivity contribution is -0.120. The number of carbonyl (C=O) groups excluding carboxylic acids is 1. The lowest BCUT2D eigenvalue weighted by Crippen LogP contribution is -2.33. The van der Waals surface area contributed by atoms with Crippen molar-refractivity contribution in [2.45, 2.75) is 20.3 Å². The Morgan fingerprint density at radius 1 is 1.40 bits per heavy atom. The van der Waals surface area contributed by atoms with Gasteiger partial charge in [-0.15, -0.1) is 0 Å². The summed E-state index contributed by atoms with van der Waals surface area (Å²) in [5.74, 6) is 0.321. The molecule has 0 radical (unpaired) electrons. The molecular weight excluding hydrogens is 262 g/mol. The van der Waals surface area contributed by atoms with Crippen LogP contribution < -0.4 is 27.6 Å². The van der Waals surface area contributed by atoms with E-state index in [2.05, 4.69) is 15.6 Å². The first-order valence-corrected chi connectivity index (χ1v) is 6.42. The number of aromatic amines is 1. The maximum Gasteiger partial charge on any atom is 0.329 e. The molecule has 8 nitrogen and oxygen atoms in total. The molecule has 0 spiro atoms. The number of hydrogen-bond donors (Lipinski definition) is 4. The maximum absolute atomic E-state index is 11.6. The molecule has 20 heavy (non-hydrogen) atoms. The van der Waals surface area contributed by atoms with Gasteiger partial charge in [-0.2, -0.15) is 0 Å². The van der Waals surface area contributed by atoms with Crippen LogP contribution in [0.15, 0.2) is 9.59 Å². The van der Waals surface area contributed by atoms with Crippen molar-refractivity contribution in [3.05, 3.63) is 20.8 Å². The zero-order chi connectivity index (χ0) is 15.3. The molecule has 1 rings (SSSR count). The molecule has 0 unspecified atom stereocenters. The van der Waals surface area contributed by atoms with E-state index >= 15 is 0 Å². The molecule has 0 atom stereocenters. The summed E-state index contributed by atoms with van der Waals surface area (Å²) in [6.45, 7) is 4.88. The molecule has 8 heteroatoms. The van der Waals surface area contributed by atoms with Crippen molar-refractivity contribution >= 4 is 17.4 Å². The maximum atomic E-state index is 11.6. The van der Waals surface area contributed by atoms with E-state index in [1.54, 1.807) is 0 Å². The minimum atomic E-state index is -0.590. The van der Waals surface area contributed by atoms with Crippen molar-refractivity contribution in [1.29, 1.82) is 0 Å². The highest BCUT2D eigenvalue weighted by atomic mass is 16.2. The molecule has 1 aromatic heterocycles. The highest BCUT2D eigenvalue weighted by Gasteiger charge is 2.10. The Hall–Kier alpha value is -2.25. The number of aromatic nitrogens is 2. The van der Waals surface area contributed by atoms with E-state index in [0.29, 0.717) is 12.5 Å². The van der Waals surface area contributed by atoms with Gasteiger partial charge >= 0.3 is 5.69 Å². The topological polar surface area (TPSA) is 122 Å². The molecule has 5 N–H and O–H groups in total. The van der Waals surface area contributed by atoms with Crippen molar-refractivity contribution in [1.82, 2.24) is 14.9 Å². The summed E-state index contributed by atoms with van der Waals surface area (Å²) in [5.41, 5.74) is 4.61. The average molecular weight is 283 g/mol. The molecule has 0 saturated carbocycles. The Labute approximate surface area is 116 Å². The van der Waals surface area contributed by atoms with Crippen molar-refractivity contribution in [3.8, 4) is 0 Å². The quantitative estimate of drug-likeness (QED) is 0.546. The first kappa shape index (κ1) is 15.8. The van der Waals surface area contributed by atoms with E-state index in [4.69, 9.17) is 5.73 Å². The second kappa shape index (κ2) is 6.78. The molecule has 0 fully saturated rings. The van der Waals surface area contributed by atoms with Crippen molar-refractivity contribution < 1.29 is 4.79 Å². The molecule has 0 aliphatic heterocycles. The highest BCUT2D eigenvalue weighted by molar-refractivity contribution is 5.76. The van der Waals surface area contributed by atoms with Gasteiger partial charge in [0.05, 0.1) is 0 Å². The first-order valence-electron chi connectivity index (χ1n) is 6.42. The molecule has 0 aliphatic carbocycles. The molecular formula is C12H21N5O3. The molecule has 0 saturated heterocycles. The van der Waals surface area contributed by atoms with Crippen LogP contribution in [-0.4, -0.2) is 28.5 Å². The standard InChI is InChI=1S/C12H21N5O3/c1-7(2)6-15-8(18)4-5-14-9-10(13)17(3)12(20)16-11(9)19/h7,14H,4-6,13H2,1-3H3,(H,15,18)(H,16,19,20). The van der Waals surface area contributed by atoms with Gasteiger partial charge in [0.2, 0.25) is 5.91 Å². The van der Waals surface area contributed by atoms with Crippen LogP contribution in [0.3, 0.4) is 0 Å². The first-order chi connectivity index (χ1) is 9.32. The molecule has 1 heterocycles. The van der Waals surface area contributed by atoms with E-state index in [1.165, 1.54) is 7.05 Å². The van der Waals surface area contributed by atoms with E-state index in [1.807, 2.05) is 13.8 Å². The molecule has 1 aromatic rings. The van der Waals surface area contributed by atoms with Crippen LogP contribution in [0.1, 0.15) is 20.3 Å². The Bertz CT molecular complexity index is 588. The summed E-state index contributed by atoms with van der Waals surface area (Å²) in [7, 11) is 1.45.